The van der Waals surface area contributed by atoms with Gasteiger partial charge in [-0.15, -0.1) is 0 Å². The standard InChI is InChI=1S/C61H119NO5/c1-3-5-7-9-11-13-15-30-35-39-43-47-51-55-61(66)67-56-52-48-44-40-36-32-29-27-25-23-21-19-17-16-18-20-22-24-26-28-31-34-38-42-46-50-54-60(65)62-58(57-63)59(64)53-49-45-41-37-33-14-12-10-8-6-4-2/h16,18,58-59,63-64H,3-15,17,19-57H2,1-2H3,(H,62,65)/b18-16-. The Labute approximate surface area is 419 Å². The fourth-order valence-corrected chi connectivity index (χ4v) is 9.64. The van der Waals surface area contributed by atoms with Crippen molar-refractivity contribution in [2.75, 3.05) is 13.2 Å². The number of esters is 1. The molecule has 0 aliphatic heterocycles. The summed E-state index contributed by atoms with van der Waals surface area (Å²) in [6.45, 7) is 4.96. The lowest BCUT2D eigenvalue weighted by Crippen LogP contribution is -2.45. The number of ether oxygens (including phenoxy) is 1. The number of aliphatic hydroxyl groups excluding tert-OH is 2. The second-order valence-electron chi connectivity index (χ2n) is 21.0. The topological polar surface area (TPSA) is 95.9 Å². The Morgan fingerprint density at radius 3 is 1.06 bits per heavy atom. The normalized spacial score (nSPS) is 12.6. The van der Waals surface area contributed by atoms with Gasteiger partial charge in [-0.3, -0.25) is 9.59 Å². The van der Waals surface area contributed by atoms with E-state index in [2.05, 4.69) is 31.3 Å². The largest absolute Gasteiger partial charge is 0.466 e. The molecule has 0 saturated heterocycles. The van der Waals surface area contributed by atoms with Crippen LogP contribution in [-0.2, 0) is 14.3 Å². The molecule has 2 atom stereocenters. The third-order valence-corrected chi connectivity index (χ3v) is 14.3. The second kappa shape index (κ2) is 57.2. The summed E-state index contributed by atoms with van der Waals surface area (Å²) in [6, 6.07) is -0.540. The van der Waals surface area contributed by atoms with Crippen molar-refractivity contribution in [2.45, 2.75) is 353 Å². The van der Waals surface area contributed by atoms with E-state index < -0.39 is 12.1 Å². The summed E-state index contributed by atoms with van der Waals surface area (Å²) in [4.78, 5) is 24.5. The molecule has 0 aromatic rings. The van der Waals surface area contributed by atoms with Crippen LogP contribution in [0.4, 0.5) is 0 Å². The van der Waals surface area contributed by atoms with Gasteiger partial charge in [-0.05, 0) is 51.4 Å². The average molecular weight is 947 g/mol. The molecule has 1 amide bonds. The average Bonchev–Trinajstić information content (AvgIpc) is 3.33. The summed E-state index contributed by atoms with van der Waals surface area (Å²) in [7, 11) is 0. The first-order chi connectivity index (χ1) is 33.0. The monoisotopic (exact) mass is 946 g/mol. The van der Waals surface area contributed by atoms with E-state index in [1.807, 2.05) is 0 Å². The smallest absolute Gasteiger partial charge is 0.305 e. The van der Waals surface area contributed by atoms with E-state index in [1.54, 1.807) is 0 Å². The predicted molar refractivity (Wildman–Crippen MR) is 292 cm³/mol. The van der Waals surface area contributed by atoms with Crippen LogP contribution in [0.25, 0.3) is 0 Å². The van der Waals surface area contributed by atoms with Crippen LogP contribution in [-0.4, -0.2) is 47.4 Å². The molecule has 3 N–H and O–H groups in total. The molecule has 0 fully saturated rings. The van der Waals surface area contributed by atoms with Crippen LogP contribution < -0.4 is 5.32 Å². The van der Waals surface area contributed by atoms with Crippen LogP contribution in [0.3, 0.4) is 0 Å². The predicted octanol–water partition coefficient (Wildman–Crippen LogP) is 18.9. The van der Waals surface area contributed by atoms with Gasteiger partial charge in [0.15, 0.2) is 0 Å². The highest BCUT2D eigenvalue weighted by Gasteiger charge is 2.20. The molecule has 0 aliphatic carbocycles. The van der Waals surface area contributed by atoms with Crippen molar-refractivity contribution < 1.29 is 24.5 Å². The molecule has 6 nitrogen and oxygen atoms in total. The summed E-state index contributed by atoms with van der Waals surface area (Å²) < 4.78 is 5.48. The fourth-order valence-electron chi connectivity index (χ4n) is 9.64. The minimum atomic E-state index is -0.663. The number of aliphatic hydroxyl groups is 2. The van der Waals surface area contributed by atoms with Crippen LogP contribution in [0.15, 0.2) is 12.2 Å². The molecule has 0 bridgehead atoms. The van der Waals surface area contributed by atoms with Gasteiger partial charge in [0.2, 0.25) is 5.91 Å². The van der Waals surface area contributed by atoms with Crippen LogP contribution >= 0.6 is 0 Å². The van der Waals surface area contributed by atoms with E-state index in [9.17, 15) is 19.8 Å². The SMILES string of the molecule is CCCCCCCCCCCCCCCC(=O)OCCCCCCCCCCCCCC/C=C\CCCCCCCCCCCCC(=O)NC(CO)C(O)CCCCCCCCCCCCC. The van der Waals surface area contributed by atoms with Crippen LogP contribution in [0.2, 0.25) is 0 Å². The Morgan fingerprint density at radius 1 is 0.403 bits per heavy atom. The Hall–Kier alpha value is -1.40. The summed E-state index contributed by atoms with van der Waals surface area (Å²) in [5.41, 5.74) is 0. The van der Waals surface area contributed by atoms with Crippen molar-refractivity contribution in [1.82, 2.24) is 5.32 Å². The minimum absolute atomic E-state index is 0.0163. The Bertz CT molecular complexity index is 1000. The zero-order valence-corrected chi connectivity index (χ0v) is 45.4. The maximum Gasteiger partial charge on any atom is 0.305 e. The van der Waals surface area contributed by atoms with Crippen molar-refractivity contribution in [3.05, 3.63) is 12.2 Å². The molecule has 67 heavy (non-hydrogen) atoms. The van der Waals surface area contributed by atoms with Crippen molar-refractivity contribution in [3.8, 4) is 0 Å². The molecule has 0 rings (SSSR count). The number of rotatable bonds is 57. The van der Waals surface area contributed by atoms with Gasteiger partial charge in [-0.1, -0.05) is 289 Å². The summed E-state index contributed by atoms with van der Waals surface area (Å²) in [6.07, 6.45) is 68.0. The van der Waals surface area contributed by atoms with Crippen LogP contribution in [0, 0.1) is 0 Å². The second-order valence-corrected chi connectivity index (χ2v) is 21.0. The fraction of sp³-hybridized carbons (Fsp3) is 0.934. The van der Waals surface area contributed by atoms with Gasteiger partial charge in [-0.25, -0.2) is 0 Å². The number of amides is 1. The Morgan fingerprint density at radius 2 is 0.701 bits per heavy atom. The third-order valence-electron chi connectivity index (χ3n) is 14.3. The summed E-state index contributed by atoms with van der Waals surface area (Å²) >= 11 is 0. The molecule has 0 aliphatic rings. The highest BCUT2D eigenvalue weighted by molar-refractivity contribution is 5.76. The van der Waals surface area contributed by atoms with Crippen molar-refractivity contribution in [1.29, 1.82) is 0 Å². The lowest BCUT2D eigenvalue weighted by Gasteiger charge is -2.22. The molecule has 0 heterocycles. The zero-order valence-electron chi connectivity index (χ0n) is 45.4. The number of hydrogen-bond acceptors (Lipinski definition) is 5. The number of hydrogen-bond donors (Lipinski definition) is 3. The molecule has 0 saturated carbocycles. The number of nitrogens with one attached hydrogen (secondary N) is 1. The molecule has 0 radical (unpaired) electrons. The first kappa shape index (κ1) is 65.6. The maximum atomic E-state index is 12.4. The van der Waals surface area contributed by atoms with E-state index >= 15 is 0 Å². The van der Waals surface area contributed by atoms with Crippen LogP contribution in [0.5, 0.6) is 0 Å². The number of carbonyl (C=O) groups excluding carboxylic acids is 2. The Balaban J connectivity index is 3.36. The first-order valence-corrected chi connectivity index (χ1v) is 30.4. The third kappa shape index (κ3) is 53.8. The molecule has 0 aromatic heterocycles. The molecular weight excluding hydrogens is 827 g/mol. The number of unbranched alkanes of at least 4 members (excludes halogenated alkanes) is 44. The number of allylic oxidation sites excluding steroid dienone is 2. The van der Waals surface area contributed by atoms with Crippen molar-refractivity contribution in [3.63, 3.8) is 0 Å². The highest BCUT2D eigenvalue weighted by atomic mass is 16.5. The molecule has 6 heteroatoms. The summed E-state index contributed by atoms with van der Waals surface area (Å²) in [5, 5.41) is 23.2. The van der Waals surface area contributed by atoms with E-state index in [0.29, 0.717) is 25.9 Å². The van der Waals surface area contributed by atoms with Gasteiger partial charge in [0.05, 0.1) is 25.4 Å². The number of carbonyl (C=O) groups is 2. The molecule has 2 unspecified atom stereocenters. The van der Waals surface area contributed by atoms with Gasteiger partial charge in [0, 0.05) is 12.8 Å². The molecule has 0 spiro atoms. The lowest BCUT2D eigenvalue weighted by atomic mass is 10.0. The molecule has 0 aromatic carbocycles. The van der Waals surface area contributed by atoms with E-state index in [4.69, 9.17) is 4.74 Å². The van der Waals surface area contributed by atoms with Gasteiger partial charge >= 0.3 is 5.97 Å². The minimum Gasteiger partial charge on any atom is -0.466 e. The molecule has 398 valence electrons. The van der Waals surface area contributed by atoms with Gasteiger partial charge < -0.3 is 20.3 Å². The van der Waals surface area contributed by atoms with E-state index in [0.717, 1.165) is 38.5 Å². The van der Waals surface area contributed by atoms with E-state index in [1.165, 1.54) is 270 Å². The Kier molecular flexibility index (Phi) is 56.0. The van der Waals surface area contributed by atoms with E-state index in [-0.39, 0.29) is 18.5 Å². The molecular formula is C61H119NO5. The van der Waals surface area contributed by atoms with Gasteiger partial charge in [0.25, 0.3) is 0 Å². The zero-order chi connectivity index (χ0) is 48.6. The van der Waals surface area contributed by atoms with Crippen molar-refractivity contribution >= 4 is 11.9 Å². The van der Waals surface area contributed by atoms with Crippen molar-refractivity contribution in [2.24, 2.45) is 0 Å². The lowest BCUT2D eigenvalue weighted by molar-refractivity contribution is -0.143. The maximum absolute atomic E-state index is 12.4. The highest BCUT2D eigenvalue weighted by Crippen LogP contribution is 2.18. The van der Waals surface area contributed by atoms with Crippen LogP contribution in [0.1, 0.15) is 341 Å². The van der Waals surface area contributed by atoms with Gasteiger partial charge in [0.1, 0.15) is 0 Å². The first-order valence-electron chi connectivity index (χ1n) is 30.4. The van der Waals surface area contributed by atoms with Gasteiger partial charge in [-0.2, -0.15) is 0 Å². The quantitative estimate of drug-likeness (QED) is 0.0321. The summed E-state index contributed by atoms with van der Waals surface area (Å²) in [5.74, 6) is -0.0202.